The Hall–Kier alpha value is -1.99. The van der Waals surface area contributed by atoms with Gasteiger partial charge >= 0.3 is 0 Å². The van der Waals surface area contributed by atoms with E-state index in [4.69, 9.17) is 14.2 Å². The van der Waals surface area contributed by atoms with Gasteiger partial charge in [-0.2, -0.15) is 0 Å². The smallest absolute Gasteiger partial charge is 0.238 e. The number of rotatable bonds is 8. The summed E-state index contributed by atoms with van der Waals surface area (Å²) < 4.78 is 17.3. The summed E-state index contributed by atoms with van der Waals surface area (Å²) in [5, 5.41) is 3.07. The molecule has 1 aromatic rings. The fraction of sp³-hybridized carbons (Fsp3) is 0.696. The van der Waals surface area contributed by atoms with Crippen LogP contribution in [0.5, 0.6) is 11.5 Å². The second-order valence-corrected chi connectivity index (χ2v) is 8.47. The lowest BCUT2D eigenvalue weighted by Crippen LogP contribution is -2.42. The lowest BCUT2D eigenvalue weighted by molar-refractivity contribution is -0.117. The van der Waals surface area contributed by atoms with E-state index in [1.54, 1.807) is 0 Å². The van der Waals surface area contributed by atoms with Crippen LogP contribution in [-0.2, 0) is 9.53 Å². The van der Waals surface area contributed by atoms with Gasteiger partial charge in [0.05, 0.1) is 44.3 Å². The normalized spacial score (nSPS) is 22.6. The maximum Gasteiger partial charge on any atom is 0.238 e. The van der Waals surface area contributed by atoms with E-state index < -0.39 is 0 Å². The van der Waals surface area contributed by atoms with Gasteiger partial charge in [0.25, 0.3) is 0 Å². The van der Waals surface area contributed by atoms with E-state index >= 15 is 0 Å². The number of carbonyl (C=O) groups excluding carboxylic acids is 1. The Balaban J connectivity index is 1.78. The van der Waals surface area contributed by atoms with Crippen molar-refractivity contribution in [2.75, 3.05) is 69.4 Å². The molecule has 0 radical (unpaired) electrons. The highest BCUT2D eigenvalue weighted by Crippen LogP contribution is 2.39. The molecule has 0 bridgehead atoms. The Morgan fingerprint density at radius 1 is 1.07 bits per heavy atom. The molecule has 2 atom stereocenters. The van der Waals surface area contributed by atoms with Crippen molar-refractivity contribution in [2.45, 2.75) is 34.1 Å². The SMILES string of the molecule is CCOc1cc(N2CCOCC2)c(OCC)cc1NC(=O)CN1C[C@@H](C)C[C@H](C)C1. The molecule has 2 aliphatic heterocycles. The monoisotopic (exact) mass is 419 g/mol. The van der Waals surface area contributed by atoms with Crippen LogP contribution < -0.4 is 19.7 Å². The number of amides is 1. The predicted molar refractivity (Wildman–Crippen MR) is 120 cm³/mol. The van der Waals surface area contributed by atoms with Crippen LogP contribution in [0.2, 0.25) is 0 Å². The molecule has 3 rings (SSSR count). The van der Waals surface area contributed by atoms with Crippen LogP contribution in [0.3, 0.4) is 0 Å². The molecule has 2 saturated heterocycles. The standard InChI is InChI=1S/C23H37N3O4/c1-5-29-21-13-20(26-7-9-28-10-8-26)22(30-6-2)12-19(21)24-23(27)16-25-14-17(3)11-18(4)15-25/h12-13,17-18H,5-11,14-16H2,1-4H3,(H,24,27)/t17-,18-/m0/s1. The summed E-state index contributed by atoms with van der Waals surface area (Å²) in [5.74, 6) is 2.67. The molecule has 1 aromatic carbocycles. The van der Waals surface area contributed by atoms with Crippen LogP contribution in [-0.4, -0.2) is 70.0 Å². The fourth-order valence-corrected chi connectivity index (χ4v) is 4.56. The largest absolute Gasteiger partial charge is 0.492 e. The van der Waals surface area contributed by atoms with Crippen LogP contribution in [0.1, 0.15) is 34.1 Å². The summed E-state index contributed by atoms with van der Waals surface area (Å²) in [6.45, 7) is 14.9. The van der Waals surface area contributed by atoms with E-state index in [1.807, 2.05) is 26.0 Å². The molecule has 2 heterocycles. The maximum atomic E-state index is 12.8. The van der Waals surface area contributed by atoms with E-state index in [-0.39, 0.29) is 5.91 Å². The van der Waals surface area contributed by atoms with Gasteiger partial charge in [0.2, 0.25) is 5.91 Å². The predicted octanol–water partition coefficient (Wildman–Crippen LogP) is 3.24. The second-order valence-electron chi connectivity index (χ2n) is 8.47. The Bertz CT molecular complexity index is 696. The molecule has 0 saturated carbocycles. The van der Waals surface area contributed by atoms with E-state index in [9.17, 15) is 4.79 Å². The summed E-state index contributed by atoms with van der Waals surface area (Å²) >= 11 is 0. The van der Waals surface area contributed by atoms with Crippen molar-refractivity contribution >= 4 is 17.3 Å². The van der Waals surface area contributed by atoms with E-state index in [0.29, 0.717) is 56.2 Å². The molecule has 0 unspecified atom stereocenters. The third-order valence-electron chi connectivity index (χ3n) is 5.60. The number of morpholine rings is 1. The molecule has 2 fully saturated rings. The van der Waals surface area contributed by atoms with Gasteiger partial charge in [-0.05, 0) is 32.1 Å². The third-order valence-corrected chi connectivity index (χ3v) is 5.60. The van der Waals surface area contributed by atoms with Crippen LogP contribution in [0.15, 0.2) is 12.1 Å². The number of anilines is 2. The molecule has 7 nitrogen and oxygen atoms in total. The maximum absolute atomic E-state index is 12.8. The first kappa shape index (κ1) is 22.7. The molecule has 1 N–H and O–H groups in total. The Morgan fingerprint density at radius 2 is 1.70 bits per heavy atom. The van der Waals surface area contributed by atoms with Gasteiger partial charge in [-0.15, -0.1) is 0 Å². The van der Waals surface area contributed by atoms with Gasteiger partial charge < -0.3 is 24.4 Å². The van der Waals surface area contributed by atoms with Crippen molar-refractivity contribution in [3.05, 3.63) is 12.1 Å². The molecule has 0 spiro atoms. The number of benzene rings is 1. The zero-order chi connectivity index (χ0) is 21.5. The number of piperidine rings is 1. The highest BCUT2D eigenvalue weighted by atomic mass is 16.5. The van der Waals surface area contributed by atoms with Crippen LogP contribution >= 0.6 is 0 Å². The van der Waals surface area contributed by atoms with Crippen molar-refractivity contribution in [1.82, 2.24) is 4.90 Å². The Kier molecular flexibility index (Phi) is 8.22. The lowest BCUT2D eigenvalue weighted by atomic mass is 9.92. The minimum Gasteiger partial charge on any atom is -0.492 e. The third kappa shape index (κ3) is 6.01. The van der Waals surface area contributed by atoms with Crippen molar-refractivity contribution in [1.29, 1.82) is 0 Å². The molecule has 0 aromatic heterocycles. The minimum atomic E-state index is -0.0150. The van der Waals surface area contributed by atoms with Gasteiger partial charge in [0.15, 0.2) is 0 Å². The Labute approximate surface area is 180 Å². The number of ether oxygens (including phenoxy) is 3. The molecule has 0 aliphatic carbocycles. The topological polar surface area (TPSA) is 63.3 Å². The number of hydrogen-bond donors (Lipinski definition) is 1. The first-order valence-corrected chi connectivity index (χ1v) is 11.3. The van der Waals surface area contributed by atoms with Crippen molar-refractivity contribution < 1.29 is 19.0 Å². The summed E-state index contributed by atoms with van der Waals surface area (Å²) in [7, 11) is 0. The van der Waals surface area contributed by atoms with Gasteiger partial charge in [0.1, 0.15) is 11.5 Å². The van der Waals surface area contributed by atoms with E-state index in [1.165, 1.54) is 6.42 Å². The van der Waals surface area contributed by atoms with Gasteiger partial charge in [-0.25, -0.2) is 0 Å². The zero-order valence-corrected chi connectivity index (χ0v) is 18.9. The van der Waals surface area contributed by atoms with Crippen molar-refractivity contribution in [3.63, 3.8) is 0 Å². The summed E-state index contributed by atoms with van der Waals surface area (Å²) in [6, 6.07) is 3.89. The number of carbonyl (C=O) groups is 1. The molecule has 168 valence electrons. The lowest BCUT2D eigenvalue weighted by Gasteiger charge is -2.34. The highest BCUT2D eigenvalue weighted by molar-refractivity contribution is 5.94. The van der Waals surface area contributed by atoms with Crippen LogP contribution in [0, 0.1) is 11.8 Å². The number of likely N-dealkylation sites (tertiary alicyclic amines) is 1. The highest BCUT2D eigenvalue weighted by Gasteiger charge is 2.24. The second kappa shape index (κ2) is 10.9. The van der Waals surface area contributed by atoms with Crippen molar-refractivity contribution in [2.24, 2.45) is 11.8 Å². The summed E-state index contributed by atoms with van der Waals surface area (Å²) in [5.41, 5.74) is 1.65. The number of hydrogen-bond acceptors (Lipinski definition) is 6. The summed E-state index contributed by atoms with van der Waals surface area (Å²) in [6.07, 6.45) is 1.23. The quantitative estimate of drug-likeness (QED) is 0.698. The van der Waals surface area contributed by atoms with Gasteiger partial charge in [-0.1, -0.05) is 13.8 Å². The van der Waals surface area contributed by atoms with Gasteiger partial charge in [-0.3, -0.25) is 9.69 Å². The zero-order valence-electron chi connectivity index (χ0n) is 18.9. The van der Waals surface area contributed by atoms with Crippen LogP contribution in [0.25, 0.3) is 0 Å². The van der Waals surface area contributed by atoms with E-state index in [0.717, 1.165) is 37.6 Å². The van der Waals surface area contributed by atoms with Gasteiger partial charge in [0, 0.05) is 38.3 Å². The molecule has 30 heavy (non-hydrogen) atoms. The van der Waals surface area contributed by atoms with Crippen LogP contribution in [0.4, 0.5) is 11.4 Å². The van der Waals surface area contributed by atoms with E-state index in [2.05, 4.69) is 29.0 Å². The molecule has 1 amide bonds. The number of nitrogens with one attached hydrogen (secondary N) is 1. The molecular formula is C23H37N3O4. The first-order chi connectivity index (χ1) is 14.5. The first-order valence-electron chi connectivity index (χ1n) is 11.3. The molecule has 2 aliphatic rings. The summed E-state index contributed by atoms with van der Waals surface area (Å²) in [4.78, 5) is 17.3. The average Bonchev–Trinajstić information content (AvgIpc) is 2.70. The number of nitrogens with zero attached hydrogens (tertiary/aromatic N) is 2. The minimum absolute atomic E-state index is 0.0150. The fourth-order valence-electron chi connectivity index (χ4n) is 4.56. The molecular weight excluding hydrogens is 382 g/mol. The molecule has 7 heteroatoms. The average molecular weight is 420 g/mol. The van der Waals surface area contributed by atoms with Crippen molar-refractivity contribution in [3.8, 4) is 11.5 Å². The Morgan fingerprint density at radius 3 is 2.33 bits per heavy atom.